The molecule has 2 unspecified atom stereocenters. The fourth-order valence-corrected chi connectivity index (χ4v) is 2.53. The molecule has 0 spiro atoms. The van der Waals surface area contributed by atoms with Crippen molar-refractivity contribution in [3.8, 4) is 0 Å². The van der Waals surface area contributed by atoms with Crippen LogP contribution in [0.25, 0.3) is 0 Å². The van der Waals surface area contributed by atoms with Gasteiger partial charge in [-0.1, -0.05) is 0 Å². The van der Waals surface area contributed by atoms with Gasteiger partial charge in [-0.25, -0.2) is 0 Å². The summed E-state index contributed by atoms with van der Waals surface area (Å²) >= 11 is 0. The van der Waals surface area contributed by atoms with Gasteiger partial charge >= 0.3 is 12.1 Å². The summed E-state index contributed by atoms with van der Waals surface area (Å²) in [6.07, 6.45) is -2.38. The fourth-order valence-electron chi connectivity index (χ4n) is 2.53. The van der Waals surface area contributed by atoms with Gasteiger partial charge in [0.1, 0.15) is 5.54 Å². The molecule has 1 rings (SSSR count). The van der Waals surface area contributed by atoms with E-state index < -0.39 is 23.6 Å². The van der Waals surface area contributed by atoms with Crippen molar-refractivity contribution in [2.24, 2.45) is 11.7 Å². The molecule has 0 aromatic rings. The summed E-state index contributed by atoms with van der Waals surface area (Å²) in [5.41, 5.74) is 4.73. The Labute approximate surface area is 117 Å². The molecule has 0 saturated carbocycles. The van der Waals surface area contributed by atoms with Gasteiger partial charge in [0.15, 0.2) is 0 Å². The molecule has 2 N–H and O–H groups in total. The molecule has 0 aromatic carbocycles. The molecule has 1 saturated heterocycles. The van der Waals surface area contributed by atoms with Crippen LogP contribution in [0.2, 0.25) is 0 Å². The zero-order valence-corrected chi connectivity index (χ0v) is 12.0. The Morgan fingerprint density at radius 1 is 1.45 bits per heavy atom. The highest BCUT2D eigenvalue weighted by atomic mass is 19.4. The van der Waals surface area contributed by atoms with Gasteiger partial charge in [-0.3, -0.25) is 4.79 Å². The predicted octanol–water partition coefficient (Wildman–Crippen LogP) is 1.93. The molecule has 7 heteroatoms. The smallest absolute Gasteiger partial charge is 0.393 e. The minimum atomic E-state index is -4.12. The Hall–Kier alpha value is -0.820. The maximum Gasteiger partial charge on any atom is 0.393 e. The van der Waals surface area contributed by atoms with Crippen LogP contribution in [0.5, 0.6) is 0 Å². The molecule has 118 valence electrons. The zero-order valence-electron chi connectivity index (χ0n) is 12.0. The molecule has 0 bridgehead atoms. The largest absolute Gasteiger partial charge is 0.468 e. The average Bonchev–Trinajstić information content (AvgIpc) is 2.37. The third kappa shape index (κ3) is 4.94. The summed E-state index contributed by atoms with van der Waals surface area (Å²) in [5.74, 6) is -1.73. The number of likely N-dealkylation sites (tertiary alicyclic amines) is 1. The topological polar surface area (TPSA) is 55.6 Å². The van der Waals surface area contributed by atoms with Crippen molar-refractivity contribution in [1.29, 1.82) is 0 Å². The maximum atomic E-state index is 12.7. The number of nitrogens with two attached hydrogens (primary N) is 1. The molecular formula is C13H23F3N2O2. The second-order valence-corrected chi connectivity index (χ2v) is 5.69. The van der Waals surface area contributed by atoms with E-state index in [4.69, 9.17) is 5.73 Å². The first-order valence-corrected chi connectivity index (χ1v) is 6.83. The van der Waals surface area contributed by atoms with Crippen molar-refractivity contribution in [1.82, 2.24) is 4.90 Å². The first kappa shape index (κ1) is 17.2. The Bertz CT molecular complexity index is 332. The standard InChI is InChI=1S/C13H23F3N2O2/c1-12(17,11(19)20-2)6-4-8-18-7-3-5-10(9-18)13(14,15)16/h10H,3-9,17H2,1-2H3. The molecule has 20 heavy (non-hydrogen) atoms. The first-order valence-electron chi connectivity index (χ1n) is 6.83. The molecule has 2 atom stereocenters. The van der Waals surface area contributed by atoms with Crippen molar-refractivity contribution in [2.45, 2.75) is 44.3 Å². The van der Waals surface area contributed by atoms with Gasteiger partial charge in [-0.05, 0) is 45.7 Å². The molecular weight excluding hydrogens is 273 g/mol. The Morgan fingerprint density at radius 3 is 2.65 bits per heavy atom. The monoisotopic (exact) mass is 296 g/mol. The van der Waals surface area contributed by atoms with E-state index in [1.54, 1.807) is 11.8 Å². The Balaban J connectivity index is 2.37. The second kappa shape index (κ2) is 6.76. The zero-order chi connectivity index (χ0) is 15.4. The van der Waals surface area contributed by atoms with E-state index in [0.29, 0.717) is 32.4 Å². The highest BCUT2D eigenvalue weighted by Crippen LogP contribution is 2.33. The van der Waals surface area contributed by atoms with Crippen LogP contribution in [-0.4, -0.2) is 49.3 Å². The third-order valence-electron chi connectivity index (χ3n) is 3.79. The summed E-state index contributed by atoms with van der Waals surface area (Å²) < 4.78 is 42.6. The van der Waals surface area contributed by atoms with E-state index in [9.17, 15) is 18.0 Å². The lowest BCUT2D eigenvalue weighted by molar-refractivity contribution is -0.186. The van der Waals surface area contributed by atoms with Gasteiger partial charge in [0.2, 0.25) is 0 Å². The van der Waals surface area contributed by atoms with Crippen LogP contribution in [0.4, 0.5) is 13.2 Å². The summed E-state index contributed by atoms with van der Waals surface area (Å²) in [5, 5.41) is 0. The quantitative estimate of drug-likeness (QED) is 0.788. The van der Waals surface area contributed by atoms with Gasteiger partial charge in [0.25, 0.3) is 0 Å². The number of nitrogens with zero attached hydrogens (tertiary/aromatic N) is 1. The van der Waals surface area contributed by atoms with Gasteiger partial charge < -0.3 is 15.4 Å². The van der Waals surface area contributed by atoms with Gasteiger partial charge in [0.05, 0.1) is 13.0 Å². The molecule has 0 aliphatic carbocycles. The van der Waals surface area contributed by atoms with Gasteiger partial charge in [-0.2, -0.15) is 13.2 Å². The minimum absolute atomic E-state index is 0.0447. The van der Waals surface area contributed by atoms with Crippen molar-refractivity contribution in [3.63, 3.8) is 0 Å². The number of carbonyl (C=O) groups is 1. The number of ether oxygens (including phenoxy) is 1. The van der Waals surface area contributed by atoms with Gasteiger partial charge in [-0.15, -0.1) is 0 Å². The predicted molar refractivity (Wildman–Crippen MR) is 69.1 cm³/mol. The molecule has 1 heterocycles. The average molecular weight is 296 g/mol. The SMILES string of the molecule is COC(=O)C(C)(N)CCCN1CCCC(C(F)(F)F)C1. The van der Waals surface area contributed by atoms with E-state index in [1.807, 2.05) is 0 Å². The summed E-state index contributed by atoms with van der Waals surface area (Å²) in [4.78, 5) is 13.2. The number of esters is 1. The second-order valence-electron chi connectivity index (χ2n) is 5.69. The van der Waals surface area contributed by atoms with Crippen molar-refractivity contribution in [2.75, 3.05) is 26.7 Å². The van der Waals surface area contributed by atoms with Crippen LogP contribution in [0.15, 0.2) is 0 Å². The highest BCUT2D eigenvalue weighted by Gasteiger charge is 2.41. The summed E-state index contributed by atoms with van der Waals surface area (Å²) in [7, 11) is 1.27. The number of rotatable bonds is 5. The number of carbonyl (C=O) groups excluding carboxylic acids is 1. The van der Waals surface area contributed by atoms with E-state index >= 15 is 0 Å². The van der Waals surface area contributed by atoms with Crippen molar-refractivity contribution >= 4 is 5.97 Å². The van der Waals surface area contributed by atoms with Crippen molar-refractivity contribution < 1.29 is 22.7 Å². The number of alkyl halides is 3. The van der Waals surface area contributed by atoms with Crippen LogP contribution < -0.4 is 5.73 Å². The van der Waals surface area contributed by atoms with E-state index in [1.165, 1.54) is 7.11 Å². The number of hydrogen-bond acceptors (Lipinski definition) is 4. The Kier molecular flexibility index (Phi) is 5.82. The molecule has 0 amide bonds. The van der Waals surface area contributed by atoms with Crippen LogP contribution >= 0.6 is 0 Å². The fraction of sp³-hybridized carbons (Fsp3) is 0.923. The lowest BCUT2D eigenvalue weighted by Gasteiger charge is -2.34. The molecule has 0 radical (unpaired) electrons. The molecule has 1 aliphatic rings. The maximum absolute atomic E-state index is 12.7. The third-order valence-corrected chi connectivity index (χ3v) is 3.79. The highest BCUT2D eigenvalue weighted by molar-refractivity contribution is 5.79. The van der Waals surface area contributed by atoms with Gasteiger partial charge in [0, 0.05) is 6.54 Å². The number of halogens is 3. The van der Waals surface area contributed by atoms with Crippen LogP contribution in [0, 0.1) is 5.92 Å². The number of piperidine rings is 1. The lowest BCUT2D eigenvalue weighted by Crippen LogP contribution is -2.47. The van der Waals surface area contributed by atoms with Crippen molar-refractivity contribution in [3.05, 3.63) is 0 Å². The normalized spacial score (nSPS) is 24.2. The Morgan fingerprint density at radius 2 is 2.10 bits per heavy atom. The van der Waals surface area contributed by atoms with Crippen LogP contribution in [0.1, 0.15) is 32.6 Å². The van der Waals surface area contributed by atoms with E-state index in [-0.39, 0.29) is 13.0 Å². The van der Waals surface area contributed by atoms with Crippen LogP contribution in [-0.2, 0) is 9.53 Å². The first-order chi connectivity index (χ1) is 9.16. The van der Waals surface area contributed by atoms with E-state index in [2.05, 4.69) is 4.74 Å². The molecule has 0 aromatic heterocycles. The molecule has 1 aliphatic heterocycles. The molecule has 1 fully saturated rings. The summed E-state index contributed by atoms with van der Waals surface area (Å²) in [6.45, 7) is 2.82. The minimum Gasteiger partial charge on any atom is -0.468 e. The van der Waals surface area contributed by atoms with E-state index in [0.717, 1.165) is 0 Å². The molecule has 4 nitrogen and oxygen atoms in total. The number of methoxy groups -OCH3 is 1. The van der Waals surface area contributed by atoms with Crippen LogP contribution in [0.3, 0.4) is 0 Å². The summed E-state index contributed by atoms with van der Waals surface area (Å²) in [6, 6.07) is 0. The number of hydrogen-bond donors (Lipinski definition) is 1. The lowest BCUT2D eigenvalue weighted by atomic mass is 9.95.